The molecule has 0 aliphatic carbocycles. The minimum atomic E-state index is 0.828. The van der Waals surface area contributed by atoms with E-state index in [4.69, 9.17) is 0 Å². The van der Waals surface area contributed by atoms with Gasteiger partial charge in [0.15, 0.2) is 5.96 Å². The normalized spacial score (nSPS) is 11.6. The summed E-state index contributed by atoms with van der Waals surface area (Å²) in [6.07, 6.45) is 8.61. The molecule has 1 aromatic carbocycles. The monoisotopic (exact) mass is 382 g/mol. The highest BCUT2D eigenvalue weighted by Crippen LogP contribution is 2.13. The fourth-order valence-corrected chi connectivity index (χ4v) is 3.56. The lowest BCUT2D eigenvalue weighted by molar-refractivity contribution is 0.781. The van der Waals surface area contributed by atoms with Crippen molar-refractivity contribution in [2.45, 2.75) is 26.2 Å². The highest BCUT2D eigenvalue weighted by Gasteiger charge is 2.02. The molecule has 6 nitrogen and oxygen atoms in total. The zero-order valence-electron chi connectivity index (χ0n) is 15.9. The number of aryl methyl sites for hydroxylation is 1. The molecule has 3 aromatic rings. The number of nitrogens with one attached hydrogen (secondary N) is 2. The Morgan fingerprint density at radius 2 is 1.93 bits per heavy atom. The molecule has 0 aliphatic heterocycles. The molecule has 0 bridgehead atoms. The molecule has 2 N–H and O–H groups in total. The fourth-order valence-electron chi connectivity index (χ4n) is 2.70. The number of hydrogen-bond donors (Lipinski definition) is 2. The first kappa shape index (κ1) is 19.1. The van der Waals surface area contributed by atoms with Crippen LogP contribution in [0.15, 0.2) is 53.9 Å². The van der Waals surface area contributed by atoms with E-state index in [0.29, 0.717) is 0 Å². The molecule has 0 aliphatic rings. The van der Waals surface area contributed by atoms with Gasteiger partial charge in [0.2, 0.25) is 0 Å². The number of guanidine groups is 1. The second-order valence-electron chi connectivity index (χ2n) is 6.12. The molecule has 0 atom stereocenters. The molecule has 0 radical (unpaired) electrons. The third-order valence-electron chi connectivity index (χ3n) is 4.22. The predicted molar refractivity (Wildman–Crippen MR) is 112 cm³/mol. The Morgan fingerprint density at radius 3 is 2.56 bits per heavy atom. The van der Waals surface area contributed by atoms with Crippen LogP contribution in [0.2, 0.25) is 0 Å². The van der Waals surface area contributed by atoms with Crippen molar-refractivity contribution >= 4 is 17.3 Å². The van der Waals surface area contributed by atoms with Crippen molar-refractivity contribution in [2.75, 3.05) is 20.1 Å². The Balaban J connectivity index is 1.39. The third kappa shape index (κ3) is 5.65. The van der Waals surface area contributed by atoms with Gasteiger partial charge in [0.1, 0.15) is 0 Å². The first-order valence-corrected chi connectivity index (χ1v) is 10.1. The lowest BCUT2D eigenvalue weighted by Gasteiger charge is -2.11. The summed E-state index contributed by atoms with van der Waals surface area (Å²) in [6, 6.07) is 10.4. The molecule has 142 valence electrons. The van der Waals surface area contributed by atoms with Gasteiger partial charge in [-0.15, -0.1) is 11.3 Å². The van der Waals surface area contributed by atoms with Crippen LogP contribution in [-0.2, 0) is 19.3 Å². The number of aromatic nitrogens is 3. The van der Waals surface area contributed by atoms with Gasteiger partial charge in [0.05, 0.1) is 10.7 Å². The van der Waals surface area contributed by atoms with Crippen molar-refractivity contribution in [3.05, 3.63) is 64.4 Å². The molecule has 2 heterocycles. The van der Waals surface area contributed by atoms with Crippen molar-refractivity contribution in [1.82, 2.24) is 25.4 Å². The van der Waals surface area contributed by atoms with Gasteiger partial charge in [-0.2, -0.15) is 5.10 Å². The van der Waals surface area contributed by atoms with E-state index in [9.17, 15) is 0 Å². The number of benzene rings is 1. The molecular weight excluding hydrogens is 356 g/mol. The van der Waals surface area contributed by atoms with Crippen LogP contribution in [-0.4, -0.2) is 40.9 Å². The van der Waals surface area contributed by atoms with Crippen molar-refractivity contribution in [3.8, 4) is 5.69 Å². The summed E-state index contributed by atoms with van der Waals surface area (Å²) in [5, 5.41) is 12.1. The maximum Gasteiger partial charge on any atom is 0.191 e. The minimum Gasteiger partial charge on any atom is -0.356 e. The van der Waals surface area contributed by atoms with Crippen molar-refractivity contribution < 1.29 is 0 Å². The molecule has 0 spiro atoms. The molecule has 0 saturated carbocycles. The molecule has 3 rings (SSSR count). The number of thiazole rings is 1. The van der Waals surface area contributed by atoms with E-state index in [1.54, 1.807) is 24.6 Å². The van der Waals surface area contributed by atoms with Crippen LogP contribution in [0.5, 0.6) is 0 Å². The molecule has 7 heteroatoms. The zero-order valence-corrected chi connectivity index (χ0v) is 16.7. The van der Waals surface area contributed by atoms with Crippen molar-refractivity contribution in [2.24, 2.45) is 4.99 Å². The van der Waals surface area contributed by atoms with Gasteiger partial charge in [-0.25, -0.2) is 9.67 Å². The number of nitrogens with zero attached hydrogens (tertiary/aromatic N) is 4. The largest absolute Gasteiger partial charge is 0.356 e. The summed E-state index contributed by atoms with van der Waals surface area (Å²) in [7, 11) is 1.80. The summed E-state index contributed by atoms with van der Waals surface area (Å²) < 4.78 is 1.86. The number of hydrogen-bond acceptors (Lipinski definition) is 4. The molecule has 27 heavy (non-hydrogen) atoms. The van der Waals surface area contributed by atoms with Gasteiger partial charge in [0, 0.05) is 50.0 Å². The zero-order chi connectivity index (χ0) is 18.9. The van der Waals surface area contributed by atoms with E-state index in [1.165, 1.54) is 15.4 Å². The first-order chi connectivity index (χ1) is 13.3. The Bertz CT molecular complexity index is 836. The van der Waals surface area contributed by atoms with Crippen LogP contribution in [0, 0.1) is 0 Å². The van der Waals surface area contributed by atoms with Crippen LogP contribution in [0.1, 0.15) is 22.4 Å². The van der Waals surface area contributed by atoms with Gasteiger partial charge in [-0.3, -0.25) is 4.99 Å². The highest BCUT2D eigenvalue weighted by atomic mass is 32.1. The van der Waals surface area contributed by atoms with Crippen LogP contribution in [0.25, 0.3) is 5.69 Å². The minimum absolute atomic E-state index is 0.828. The van der Waals surface area contributed by atoms with E-state index in [2.05, 4.69) is 56.9 Å². The van der Waals surface area contributed by atoms with Crippen LogP contribution in [0.3, 0.4) is 0 Å². The summed E-state index contributed by atoms with van der Waals surface area (Å²) in [6.45, 7) is 3.82. The summed E-state index contributed by atoms with van der Waals surface area (Å²) in [5.41, 5.74) is 2.35. The van der Waals surface area contributed by atoms with Crippen LogP contribution < -0.4 is 10.6 Å². The lowest BCUT2D eigenvalue weighted by atomic mass is 10.1. The average Bonchev–Trinajstić information content (AvgIpc) is 3.39. The smallest absolute Gasteiger partial charge is 0.191 e. The highest BCUT2D eigenvalue weighted by molar-refractivity contribution is 7.11. The predicted octanol–water partition coefficient (Wildman–Crippen LogP) is 2.84. The Kier molecular flexibility index (Phi) is 6.98. The molecular formula is C20H26N6S. The van der Waals surface area contributed by atoms with Gasteiger partial charge < -0.3 is 10.6 Å². The lowest BCUT2D eigenvalue weighted by Crippen LogP contribution is -2.39. The van der Waals surface area contributed by atoms with E-state index in [0.717, 1.165) is 44.0 Å². The van der Waals surface area contributed by atoms with Crippen LogP contribution >= 0.6 is 11.3 Å². The quantitative estimate of drug-likeness (QED) is 0.464. The molecule has 0 amide bonds. The third-order valence-corrected chi connectivity index (χ3v) is 5.42. The summed E-state index contributed by atoms with van der Waals surface area (Å²) in [4.78, 5) is 10.1. The second-order valence-corrected chi connectivity index (χ2v) is 7.32. The molecule has 2 aromatic heterocycles. The van der Waals surface area contributed by atoms with Crippen molar-refractivity contribution in [1.29, 1.82) is 0 Å². The van der Waals surface area contributed by atoms with Gasteiger partial charge in [-0.1, -0.05) is 19.1 Å². The van der Waals surface area contributed by atoms with Crippen molar-refractivity contribution in [3.63, 3.8) is 0 Å². The topological polar surface area (TPSA) is 67.1 Å². The van der Waals surface area contributed by atoms with E-state index in [-0.39, 0.29) is 0 Å². The molecule has 0 saturated heterocycles. The fraction of sp³-hybridized carbons (Fsp3) is 0.350. The van der Waals surface area contributed by atoms with E-state index >= 15 is 0 Å². The standard InChI is InChI=1S/C20H26N6S/c1-3-18-15-24-19(27-18)10-13-23-20(21-2)22-12-9-16-5-7-17(8-6-16)26-14-4-11-25-26/h4-8,11,14-15H,3,9-10,12-13H2,1-2H3,(H2,21,22,23). The first-order valence-electron chi connectivity index (χ1n) is 9.25. The van der Waals surface area contributed by atoms with Gasteiger partial charge >= 0.3 is 0 Å². The maximum atomic E-state index is 4.45. The Hall–Kier alpha value is -2.67. The number of rotatable bonds is 8. The average molecular weight is 383 g/mol. The molecule has 0 unspecified atom stereocenters. The SMILES string of the molecule is CCc1cnc(CCNC(=NC)NCCc2ccc(-n3cccn3)cc2)s1. The Morgan fingerprint density at radius 1 is 1.15 bits per heavy atom. The maximum absolute atomic E-state index is 4.45. The Labute approximate surface area is 164 Å². The van der Waals surface area contributed by atoms with Gasteiger partial charge in [0.25, 0.3) is 0 Å². The molecule has 0 fully saturated rings. The second kappa shape index (κ2) is 9.87. The van der Waals surface area contributed by atoms with Crippen LogP contribution in [0.4, 0.5) is 0 Å². The summed E-state index contributed by atoms with van der Waals surface area (Å²) in [5.74, 6) is 0.829. The summed E-state index contributed by atoms with van der Waals surface area (Å²) >= 11 is 1.79. The van der Waals surface area contributed by atoms with E-state index < -0.39 is 0 Å². The number of aliphatic imine (C=N–C) groups is 1. The van der Waals surface area contributed by atoms with E-state index in [1.807, 2.05) is 23.1 Å². The van der Waals surface area contributed by atoms with Gasteiger partial charge in [-0.05, 0) is 36.6 Å².